The molecule has 0 aromatic heterocycles. The summed E-state index contributed by atoms with van der Waals surface area (Å²) in [7, 11) is -4.19. The minimum Gasteiger partial charge on any atom is -0.350 e. The number of amides is 2. The summed E-state index contributed by atoms with van der Waals surface area (Å²) in [6.07, 6.45) is 0. The van der Waals surface area contributed by atoms with Gasteiger partial charge in [0.25, 0.3) is 10.0 Å². The van der Waals surface area contributed by atoms with Gasteiger partial charge >= 0.3 is 0 Å². The number of carbonyl (C=O) groups excluding carboxylic acids is 2. The van der Waals surface area contributed by atoms with E-state index in [1.54, 1.807) is 55.5 Å². The molecule has 0 spiro atoms. The minimum atomic E-state index is -4.19. The monoisotopic (exact) mass is 609 g/mol. The number of halogens is 3. The summed E-state index contributed by atoms with van der Waals surface area (Å²) in [6, 6.07) is 17.9. The maximum Gasteiger partial charge on any atom is 0.264 e. The summed E-state index contributed by atoms with van der Waals surface area (Å²) in [6.45, 7) is 6.35. The number of nitrogens with one attached hydrogen (secondary N) is 1. The molecule has 0 radical (unpaired) electrons. The lowest BCUT2D eigenvalue weighted by molar-refractivity contribution is -0.140. The second-order valence-corrected chi connectivity index (χ2v) is 13.1. The van der Waals surface area contributed by atoms with Crippen molar-refractivity contribution in [1.29, 1.82) is 0 Å². The smallest absolute Gasteiger partial charge is 0.264 e. The van der Waals surface area contributed by atoms with Gasteiger partial charge in [-0.05, 0) is 76.2 Å². The Morgan fingerprint density at radius 3 is 1.97 bits per heavy atom. The van der Waals surface area contributed by atoms with E-state index in [2.05, 4.69) is 5.32 Å². The first-order valence-electron chi connectivity index (χ1n) is 12.1. The van der Waals surface area contributed by atoms with Crippen molar-refractivity contribution in [1.82, 2.24) is 10.2 Å². The summed E-state index contributed by atoms with van der Waals surface area (Å²) >= 11 is 18.8. The predicted octanol–water partition coefficient (Wildman–Crippen LogP) is 6.17. The average molecular weight is 611 g/mol. The minimum absolute atomic E-state index is 0.0391. The van der Waals surface area contributed by atoms with Gasteiger partial charge in [-0.3, -0.25) is 13.9 Å². The van der Waals surface area contributed by atoms with Crippen LogP contribution in [0.25, 0.3) is 0 Å². The number of anilines is 1. The van der Waals surface area contributed by atoms with E-state index < -0.39 is 40.0 Å². The lowest BCUT2D eigenvalue weighted by atomic mass is 10.1. The second-order valence-electron chi connectivity index (χ2n) is 9.94. The van der Waals surface area contributed by atoms with Gasteiger partial charge in [-0.1, -0.05) is 59.1 Å². The van der Waals surface area contributed by atoms with Gasteiger partial charge in [0.05, 0.1) is 10.6 Å². The molecule has 7 nitrogen and oxygen atoms in total. The highest BCUT2D eigenvalue weighted by molar-refractivity contribution is 7.92. The van der Waals surface area contributed by atoms with E-state index in [-0.39, 0.29) is 17.1 Å². The fourth-order valence-electron chi connectivity index (χ4n) is 3.77. The fourth-order valence-corrected chi connectivity index (χ4v) is 5.82. The Morgan fingerprint density at radius 1 is 0.872 bits per heavy atom. The Kier molecular flexibility index (Phi) is 9.93. The molecular weight excluding hydrogens is 581 g/mol. The van der Waals surface area contributed by atoms with Gasteiger partial charge in [0, 0.05) is 32.7 Å². The Bertz CT molecular complexity index is 1410. The third kappa shape index (κ3) is 7.88. The SMILES string of the molecule is CC(C(=O)NC(C)(C)C)N(Cc1c(Cl)cccc1Cl)C(=O)CN(c1ccccc1)S(=O)(=O)c1ccc(Cl)cc1. The van der Waals surface area contributed by atoms with Crippen LogP contribution < -0.4 is 9.62 Å². The van der Waals surface area contributed by atoms with Crippen LogP contribution in [0.2, 0.25) is 15.1 Å². The van der Waals surface area contributed by atoms with Gasteiger partial charge in [-0.2, -0.15) is 0 Å². The standard InChI is InChI=1S/C28H30Cl3N3O4S/c1-19(27(36)32-28(2,3)4)33(17-23-24(30)11-8-12-25(23)31)26(35)18-34(21-9-6-5-7-10-21)39(37,38)22-15-13-20(29)14-16-22/h5-16,19H,17-18H2,1-4H3,(H,32,36). The molecule has 1 atom stereocenters. The van der Waals surface area contributed by atoms with Crippen molar-refractivity contribution < 1.29 is 18.0 Å². The molecule has 0 saturated carbocycles. The molecule has 2 amide bonds. The fraction of sp³-hybridized carbons (Fsp3) is 0.286. The molecule has 0 aliphatic carbocycles. The van der Waals surface area contributed by atoms with E-state index in [0.717, 1.165) is 4.31 Å². The molecule has 0 bridgehead atoms. The third-order valence-electron chi connectivity index (χ3n) is 5.78. The zero-order chi connectivity index (χ0) is 29.0. The van der Waals surface area contributed by atoms with Crippen molar-refractivity contribution in [3.63, 3.8) is 0 Å². The van der Waals surface area contributed by atoms with Crippen LogP contribution >= 0.6 is 34.8 Å². The molecule has 0 heterocycles. The predicted molar refractivity (Wildman–Crippen MR) is 157 cm³/mol. The summed E-state index contributed by atoms with van der Waals surface area (Å²) in [5.74, 6) is -1.03. The van der Waals surface area contributed by atoms with Gasteiger partial charge in [-0.15, -0.1) is 0 Å². The first-order chi connectivity index (χ1) is 18.2. The summed E-state index contributed by atoms with van der Waals surface area (Å²) < 4.78 is 28.5. The van der Waals surface area contributed by atoms with E-state index in [4.69, 9.17) is 34.8 Å². The number of benzene rings is 3. The van der Waals surface area contributed by atoms with Gasteiger partial charge in [-0.25, -0.2) is 8.42 Å². The molecule has 3 aromatic carbocycles. The normalized spacial score (nSPS) is 12.5. The molecule has 3 aromatic rings. The lowest BCUT2D eigenvalue weighted by Crippen LogP contribution is -2.54. The largest absolute Gasteiger partial charge is 0.350 e. The average Bonchev–Trinajstić information content (AvgIpc) is 2.86. The van der Waals surface area contributed by atoms with E-state index in [1.807, 2.05) is 20.8 Å². The molecule has 3 rings (SSSR count). The maximum atomic E-state index is 13.9. The molecule has 1 unspecified atom stereocenters. The summed E-state index contributed by atoms with van der Waals surface area (Å²) in [5, 5.41) is 3.88. The van der Waals surface area contributed by atoms with Crippen LogP contribution in [0.5, 0.6) is 0 Å². The number of para-hydroxylation sites is 1. The maximum absolute atomic E-state index is 13.9. The summed E-state index contributed by atoms with van der Waals surface area (Å²) in [4.78, 5) is 28.3. The molecule has 39 heavy (non-hydrogen) atoms. The Balaban J connectivity index is 2.05. The Hall–Kier alpha value is -2.78. The van der Waals surface area contributed by atoms with Crippen LogP contribution in [-0.4, -0.2) is 43.3 Å². The van der Waals surface area contributed by atoms with E-state index in [0.29, 0.717) is 20.6 Å². The second kappa shape index (κ2) is 12.6. The molecule has 1 N–H and O–H groups in total. The number of nitrogens with zero attached hydrogens (tertiary/aromatic N) is 2. The van der Waals surface area contributed by atoms with Crippen molar-refractivity contribution >= 4 is 62.3 Å². The zero-order valence-electron chi connectivity index (χ0n) is 22.0. The molecule has 0 aliphatic rings. The molecule has 0 saturated heterocycles. The van der Waals surface area contributed by atoms with Crippen molar-refractivity contribution in [2.75, 3.05) is 10.8 Å². The Morgan fingerprint density at radius 2 is 1.44 bits per heavy atom. The van der Waals surface area contributed by atoms with E-state index >= 15 is 0 Å². The van der Waals surface area contributed by atoms with Gasteiger partial charge < -0.3 is 10.2 Å². The summed E-state index contributed by atoms with van der Waals surface area (Å²) in [5.41, 5.74) is 0.163. The van der Waals surface area contributed by atoms with Gasteiger partial charge in [0.1, 0.15) is 12.6 Å². The third-order valence-corrected chi connectivity index (χ3v) is 8.53. The van der Waals surface area contributed by atoms with Crippen molar-refractivity contribution in [2.24, 2.45) is 0 Å². The number of sulfonamides is 1. The number of rotatable bonds is 9. The van der Waals surface area contributed by atoms with Crippen molar-refractivity contribution in [2.45, 2.75) is 50.7 Å². The van der Waals surface area contributed by atoms with Crippen LogP contribution in [0.3, 0.4) is 0 Å². The van der Waals surface area contributed by atoms with Crippen LogP contribution in [0.1, 0.15) is 33.3 Å². The molecule has 0 aliphatic heterocycles. The highest BCUT2D eigenvalue weighted by Crippen LogP contribution is 2.28. The molecule has 0 fully saturated rings. The van der Waals surface area contributed by atoms with Gasteiger partial charge in [0.2, 0.25) is 11.8 Å². The number of carbonyl (C=O) groups is 2. The van der Waals surface area contributed by atoms with Crippen LogP contribution in [-0.2, 0) is 26.2 Å². The van der Waals surface area contributed by atoms with Crippen molar-refractivity contribution in [3.8, 4) is 0 Å². The molecule has 11 heteroatoms. The topological polar surface area (TPSA) is 86.8 Å². The van der Waals surface area contributed by atoms with Crippen LogP contribution in [0.4, 0.5) is 5.69 Å². The highest BCUT2D eigenvalue weighted by Gasteiger charge is 2.34. The van der Waals surface area contributed by atoms with Crippen molar-refractivity contribution in [3.05, 3.63) is 93.4 Å². The first kappa shape index (κ1) is 30.8. The van der Waals surface area contributed by atoms with Gasteiger partial charge in [0.15, 0.2) is 0 Å². The van der Waals surface area contributed by atoms with E-state index in [9.17, 15) is 18.0 Å². The van der Waals surface area contributed by atoms with Crippen LogP contribution in [0, 0.1) is 0 Å². The lowest BCUT2D eigenvalue weighted by Gasteiger charge is -2.33. The van der Waals surface area contributed by atoms with E-state index in [1.165, 1.54) is 29.2 Å². The Labute approximate surface area is 244 Å². The quantitative estimate of drug-likeness (QED) is 0.314. The molecular formula is C28H30Cl3N3O4S. The number of hydrogen-bond acceptors (Lipinski definition) is 4. The highest BCUT2D eigenvalue weighted by atomic mass is 35.5. The number of hydrogen-bond donors (Lipinski definition) is 1. The zero-order valence-corrected chi connectivity index (χ0v) is 25.1. The first-order valence-corrected chi connectivity index (χ1v) is 14.7. The molecule has 208 valence electrons. The van der Waals surface area contributed by atoms with Crippen LogP contribution in [0.15, 0.2) is 77.7 Å².